The molecule has 2 rings (SSSR count). The standard InChI is InChI=1S/C18H21NO4S/c1-19(2)24(21,22)17-12-6-11-16(14-17)18(20)23-13-7-10-15-8-4-3-5-9-15/h3-6,8-9,11-12,14H,7,10,13H2,1-2H3. The number of aryl methyl sites for hydroxylation is 1. The number of benzene rings is 2. The van der Waals surface area contributed by atoms with Crippen LogP contribution in [-0.2, 0) is 21.2 Å². The van der Waals surface area contributed by atoms with Crippen molar-refractivity contribution in [2.45, 2.75) is 17.7 Å². The van der Waals surface area contributed by atoms with Crippen molar-refractivity contribution in [1.29, 1.82) is 0 Å². The van der Waals surface area contributed by atoms with E-state index in [4.69, 9.17) is 4.74 Å². The SMILES string of the molecule is CN(C)S(=O)(=O)c1cccc(C(=O)OCCCc2ccccc2)c1. The lowest BCUT2D eigenvalue weighted by Gasteiger charge is -2.12. The Kier molecular flexibility index (Phi) is 6.11. The third-order valence-electron chi connectivity index (χ3n) is 3.53. The topological polar surface area (TPSA) is 63.7 Å². The Balaban J connectivity index is 1.93. The Labute approximate surface area is 142 Å². The molecular weight excluding hydrogens is 326 g/mol. The van der Waals surface area contributed by atoms with Crippen molar-refractivity contribution in [3.63, 3.8) is 0 Å². The number of ether oxygens (including phenoxy) is 1. The fourth-order valence-corrected chi connectivity index (χ4v) is 3.11. The average molecular weight is 347 g/mol. The number of hydrogen-bond donors (Lipinski definition) is 0. The van der Waals surface area contributed by atoms with Crippen LogP contribution >= 0.6 is 0 Å². The minimum atomic E-state index is -3.57. The van der Waals surface area contributed by atoms with E-state index in [1.54, 1.807) is 6.07 Å². The Bertz CT molecular complexity index is 786. The van der Waals surface area contributed by atoms with E-state index < -0.39 is 16.0 Å². The summed E-state index contributed by atoms with van der Waals surface area (Å²) in [5, 5.41) is 0. The zero-order valence-electron chi connectivity index (χ0n) is 13.8. The van der Waals surface area contributed by atoms with Crippen LogP contribution in [0.3, 0.4) is 0 Å². The van der Waals surface area contributed by atoms with Crippen molar-refractivity contribution in [3.8, 4) is 0 Å². The predicted octanol–water partition coefficient (Wildman–Crippen LogP) is 2.73. The molecule has 0 fully saturated rings. The van der Waals surface area contributed by atoms with Crippen molar-refractivity contribution >= 4 is 16.0 Å². The maximum atomic E-state index is 12.1. The highest BCUT2D eigenvalue weighted by atomic mass is 32.2. The molecule has 6 heteroatoms. The van der Waals surface area contributed by atoms with Gasteiger partial charge in [-0.2, -0.15) is 0 Å². The van der Waals surface area contributed by atoms with Gasteiger partial charge in [0.2, 0.25) is 10.0 Å². The van der Waals surface area contributed by atoms with Gasteiger partial charge in [-0.05, 0) is 36.6 Å². The summed E-state index contributed by atoms with van der Waals surface area (Å²) < 4.78 is 30.5. The molecule has 0 radical (unpaired) electrons. The second-order valence-electron chi connectivity index (χ2n) is 5.54. The van der Waals surface area contributed by atoms with Gasteiger partial charge in [-0.1, -0.05) is 36.4 Å². The molecule has 2 aromatic carbocycles. The van der Waals surface area contributed by atoms with Crippen LogP contribution in [0.5, 0.6) is 0 Å². The molecule has 5 nitrogen and oxygen atoms in total. The molecule has 0 heterocycles. The zero-order chi connectivity index (χ0) is 17.6. The Hall–Kier alpha value is -2.18. The number of sulfonamides is 1. The van der Waals surface area contributed by atoms with Gasteiger partial charge in [0, 0.05) is 14.1 Å². The maximum absolute atomic E-state index is 12.1. The number of esters is 1. The Morgan fingerprint density at radius 1 is 1.04 bits per heavy atom. The number of carbonyl (C=O) groups excluding carboxylic acids is 1. The second-order valence-corrected chi connectivity index (χ2v) is 7.69. The van der Waals surface area contributed by atoms with Gasteiger partial charge in [0.15, 0.2) is 0 Å². The summed E-state index contributed by atoms with van der Waals surface area (Å²) in [4.78, 5) is 12.1. The lowest BCUT2D eigenvalue weighted by atomic mass is 10.1. The number of carbonyl (C=O) groups is 1. The first-order chi connectivity index (χ1) is 11.4. The maximum Gasteiger partial charge on any atom is 0.338 e. The lowest BCUT2D eigenvalue weighted by molar-refractivity contribution is 0.0500. The zero-order valence-corrected chi connectivity index (χ0v) is 14.6. The van der Waals surface area contributed by atoms with Crippen molar-refractivity contribution in [2.24, 2.45) is 0 Å². The molecule has 0 bridgehead atoms. The minimum absolute atomic E-state index is 0.0752. The monoisotopic (exact) mass is 347 g/mol. The smallest absolute Gasteiger partial charge is 0.338 e. The largest absolute Gasteiger partial charge is 0.462 e. The lowest BCUT2D eigenvalue weighted by Crippen LogP contribution is -2.22. The summed E-state index contributed by atoms with van der Waals surface area (Å²) in [7, 11) is -0.672. The Morgan fingerprint density at radius 2 is 1.75 bits per heavy atom. The van der Waals surface area contributed by atoms with E-state index in [2.05, 4.69) is 0 Å². The molecule has 0 aliphatic rings. The molecule has 0 saturated heterocycles. The van der Waals surface area contributed by atoms with Gasteiger partial charge in [0.25, 0.3) is 0 Å². The summed E-state index contributed by atoms with van der Waals surface area (Å²) in [6, 6.07) is 15.8. The highest BCUT2D eigenvalue weighted by Crippen LogP contribution is 2.15. The van der Waals surface area contributed by atoms with Crippen LogP contribution in [0, 0.1) is 0 Å². The predicted molar refractivity (Wildman–Crippen MR) is 92.4 cm³/mol. The number of nitrogens with zero attached hydrogens (tertiary/aromatic N) is 1. The fourth-order valence-electron chi connectivity index (χ4n) is 2.16. The first kappa shape index (κ1) is 18.2. The van der Waals surface area contributed by atoms with Crippen molar-refractivity contribution in [3.05, 3.63) is 65.7 Å². The molecule has 0 aliphatic carbocycles. The molecule has 0 saturated carbocycles. The van der Waals surface area contributed by atoms with Gasteiger partial charge in [0.1, 0.15) is 0 Å². The summed E-state index contributed by atoms with van der Waals surface area (Å²) in [5.74, 6) is -0.515. The molecule has 0 N–H and O–H groups in total. The summed E-state index contributed by atoms with van der Waals surface area (Å²) in [6.45, 7) is 0.290. The average Bonchev–Trinajstić information content (AvgIpc) is 2.59. The molecule has 128 valence electrons. The molecule has 0 atom stereocenters. The van der Waals surface area contributed by atoms with E-state index in [1.807, 2.05) is 30.3 Å². The molecule has 0 unspecified atom stereocenters. The van der Waals surface area contributed by atoms with Gasteiger partial charge in [-0.25, -0.2) is 17.5 Å². The van der Waals surface area contributed by atoms with Crippen LogP contribution in [0.4, 0.5) is 0 Å². The summed E-state index contributed by atoms with van der Waals surface area (Å²) in [6.07, 6.45) is 1.54. The van der Waals surface area contributed by atoms with Crippen LogP contribution in [0.25, 0.3) is 0 Å². The third-order valence-corrected chi connectivity index (χ3v) is 5.35. The number of rotatable bonds is 7. The normalized spacial score (nSPS) is 11.5. The van der Waals surface area contributed by atoms with Gasteiger partial charge in [-0.3, -0.25) is 0 Å². The van der Waals surface area contributed by atoms with Gasteiger partial charge in [0.05, 0.1) is 17.1 Å². The highest BCUT2D eigenvalue weighted by molar-refractivity contribution is 7.89. The molecule has 0 aromatic heterocycles. The summed E-state index contributed by atoms with van der Waals surface area (Å²) >= 11 is 0. The van der Waals surface area contributed by atoms with Crippen LogP contribution in [-0.4, -0.2) is 39.4 Å². The van der Waals surface area contributed by atoms with Crippen molar-refractivity contribution in [1.82, 2.24) is 4.31 Å². The van der Waals surface area contributed by atoms with Crippen LogP contribution in [0.2, 0.25) is 0 Å². The van der Waals surface area contributed by atoms with Crippen LogP contribution in [0.1, 0.15) is 22.3 Å². The first-order valence-corrected chi connectivity index (χ1v) is 9.09. The van der Waals surface area contributed by atoms with E-state index in [0.717, 1.165) is 10.7 Å². The molecule has 0 aliphatic heterocycles. The number of hydrogen-bond acceptors (Lipinski definition) is 4. The van der Waals surface area contributed by atoms with E-state index in [9.17, 15) is 13.2 Å². The van der Waals surface area contributed by atoms with Crippen molar-refractivity contribution in [2.75, 3.05) is 20.7 Å². The highest BCUT2D eigenvalue weighted by Gasteiger charge is 2.19. The van der Waals surface area contributed by atoms with E-state index in [0.29, 0.717) is 13.0 Å². The molecule has 24 heavy (non-hydrogen) atoms. The quantitative estimate of drug-likeness (QED) is 0.571. The van der Waals surface area contributed by atoms with E-state index >= 15 is 0 Å². The Morgan fingerprint density at radius 3 is 2.42 bits per heavy atom. The van der Waals surface area contributed by atoms with Crippen LogP contribution < -0.4 is 0 Å². The minimum Gasteiger partial charge on any atom is -0.462 e. The van der Waals surface area contributed by atoms with Gasteiger partial charge in [-0.15, -0.1) is 0 Å². The van der Waals surface area contributed by atoms with Crippen molar-refractivity contribution < 1.29 is 17.9 Å². The van der Waals surface area contributed by atoms with E-state index in [1.165, 1.54) is 37.9 Å². The fraction of sp³-hybridized carbons (Fsp3) is 0.278. The molecule has 2 aromatic rings. The molecule has 0 amide bonds. The summed E-state index contributed by atoms with van der Waals surface area (Å²) in [5.41, 5.74) is 1.42. The molecular formula is C18H21NO4S. The first-order valence-electron chi connectivity index (χ1n) is 7.65. The van der Waals surface area contributed by atoms with Gasteiger partial charge >= 0.3 is 5.97 Å². The molecule has 0 spiro atoms. The van der Waals surface area contributed by atoms with Gasteiger partial charge < -0.3 is 4.74 Å². The van der Waals surface area contributed by atoms with Crippen LogP contribution in [0.15, 0.2) is 59.5 Å². The van der Waals surface area contributed by atoms with E-state index in [-0.39, 0.29) is 10.5 Å². The second kappa shape index (κ2) is 8.08. The third kappa shape index (κ3) is 4.66.